The zero-order valence-corrected chi connectivity index (χ0v) is 21.2. The largest absolute Gasteiger partial charge is 0.496 e. The van der Waals surface area contributed by atoms with Crippen molar-refractivity contribution >= 4 is 55.9 Å². The van der Waals surface area contributed by atoms with Gasteiger partial charge in [-0.3, -0.25) is 10.1 Å². The third-order valence-electron chi connectivity index (χ3n) is 5.27. The number of halogens is 1. The van der Waals surface area contributed by atoms with Gasteiger partial charge in [0.15, 0.2) is 5.11 Å². The third-order valence-corrected chi connectivity index (χ3v) is 6.09. The van der Waals surface area contributed by atoms with E-state index in [1.807, 2.05) is 30.3 Å². The summed E-state index contributed by atoms with van der Waals surface area (Å²) in [7, 11) is 1.57. The van der Waals surface area contributed by atoms with Crippen molar-refractivity contribution in [1.82, 2.24) is 20.3 Å². The molecule has 0 atom stereocenters. The maximum absolute atomic E-state index is 12.5. The zero-order valence-electron chi connectivity index (χ0n) is 18.8. The van der Waals surface area contributed by atoms with Crippen LogP contribution >= 0.6 is 28.1 Å². The number of carbonyl (C=O) groups is 1. The maximum atomic E-state index is 12.5. The van der Waals surface area contributed by atoms with Crippen LogP contribution in [0.2, 0.25) is 0 Å². The quantitative estimate of drug-likeness (QED) is 0.296. The molecule has 0 aliphatic carbocycles. The number of methoxy groups -OCH3 is 1. The second kappa shape index (κ2) is 10.8. The molecule has 7 nitrogen and oxygen atoms in total. The fourth-order valence-electron chi connectivity index (χ4n) is 3.43. The lowest BCUT2D eigenvalue weighted by molar-refractivity contribution is 0.0977. The number of rotatable bonds is 7. The van der Waals surface area contributed by atoms with Crippen LogP contribution in [0.1, 0.15) is 35.7 Å². The summed E-state index contributed by atoms with van der Waals surface area (Å²) in [5.41, 5.74) is 4.85. The smallest absolute Gasteiger partial charge is 0.257 e. The van der Waals surface area contributed by atoms with Crippen LogP contribution < -0.4 is 15.4 Å². The molecule has 0 spiro atoms. The van der Waals surface area contributed by atoms with E-state index in [9.17, 15) is 4.79 Å². The number of fused-ring (bicyclic) bond motifs is 1. The highest BCUT2D eigenvalue weighted by Gasteiger charge is 2.12. The van der Waals surface area contributed by atoms with E-state index in [1.54, 1.807) is 30.1 Å². The molecule has 1 aromatic heterocycles. The second-order valence-electron chi connectivity index (χ2n) is 7.72. The molecule has 0 saturated heterocycles. The molecule has 34 heavy (non-hydrogen) atoms. The molecule has 0 aliphatic rings. The molecule has 0 aliphatic heterocycles. The van der Waals surface area contributed by atoms with E-state index >= 15 is 0 Å². The van der Waals surface area contributed by atoms with Crippen LogP contribution in [0.15, 0.2) is 65.1 Å². The Balaban J connectivity index is 1.43. The van der Waals surface area contributed by atoms with Gasteiger partial charge in [0, 0.05) is 11.3 Å². The lowest BCUT2D eigenvalue weighted by atomic mass is 10.1. The van der Waals surface area contributed by atoms with Gasteiger partial charge < -0.3 is 10.1 Å². The molecule has 3 aromatic carbocycles. The highest BCUT2D eigenvalue weighted by Crippen LogP contribution is 2.25. The minimum atomic E-state index is -0.324. The topological polar surface area (TPSA) is 81.1 Å². The number of aromatic nitrogens is 3. The van der Waals surface area contributed by atoms with Crippen molar-refractivity contribution in [2.45, 2.75) is 26.2 Å². The molecule has 0 saturated carbocycles. The van der Waals surface area contributed by atoms with E-state index in [0.29, 0.717) is 27.0 Å². The first kappa shape index (κ1) is 23.8. The molecule has 4 aromatic rings. The Morgan fingerprint density at radius 1 is 1.06 bits per heavy atom. The van der Waals surface area contributed by atoms with E-state index < -0.39 is 0 Å². The number of nitrogens with one attached hydrogen (secondary N) is 2. The van der Waals surface area contributed by atoms with Gasteiger partial charge in [-0.2, -0.15) is 4.80 Å². The summed E-state index contributed by atoms with van der Waals surface area (Å²) < 4.78 is 5.88. The number of anilines is 1. The molecule has 1 amide bonds. The van der Waals surface area contributed by atoms with Gasteiger partial charge in [-0.1, -0.05) is 25.5 Å². The first-order chi connectivity index (χ1) is 16.5. The Hall–Kier alpha value is -3.30. The monoisotopic (exact) mass is 537 g/mol. The highest BCUT2D eigenvalue weighted by atomic mass is 79.9. The summed E-state index contributed by atoms with van der Waals surface area (Å²) in [5, 5.41) is 15.1. The molecule has 9 heteroatoms. The number of amides is 1. The number of thiocarbonyl (C=S) groups is 1. The minimum Gasteiger partial charge on any atom is -0.496 e. The predicted octanol–water partition coefficient (Wildman–Crippen LogP) is 5.66. The summed E-state index contributed by atoms with van der Waals surface area (Å²) in [6.45, 7) is 2.19. The first-order valence-corrected chi connectivity index (χ1v) is 12.1. The number of unbranched alkanes of at least 4 members (excludes halogenated alkanes) is 1. The molecule has 4 rings (SSSR count). The van der Waals surface area contributed by atoms with Gasteiger partial charge in [0.05, 0.1) is 17.3 Å². The molecule has 1 heterocycles. The van der Waals surface area contributed by atoms with Gasteiger partial charge in [-0.15, -0.1) is 10.2 Å². The van der Waals surface area contributed by atoms with Gasteiger partial charge in [-0.25, -0.2) is 0 Å². The van der Waals surface area contributed by atoms with Gasteiger partial charge in [-0.05, 0) is 95.1 Å². The van der Waals surface area contributed by atoms with E-state index in [-0.39, 0.29) is 11.0 Å². The molecule has 2 N–H and O–H groups in total. The zero-order chi connectivity index (χ0) is 24.1. The summed E-state index contributed by atoms with van der Waals surface area (Å²) in [6, 6.07) is 18.9. The highest BCUT2D eigenvalue weighted by molar-refractivity contribution is 9.10. The van der Waals surface area contributed by atoms with Crippen LogP contribution in [-0.4, -0.2) is 33.1 Å². The van der Waals surface area contributed by atoms with Crippen LogP contribution in [0.3, 0.4) is 0 Å². The summed E-state index contributed by atoms with van der Waals surface area (Å²) in [6.07, 6.45) is 3.43. The first-order valence-electron chi connectivity index (χ1n) is 10.9. The number of hydrogen-bond donors (Lipinski definition) is 2. The summed E-state index contributed by atoms with van der Waals surface area (Å²) in [5.74, 6) is 0.321. The fraction of sp³-hybridized carbons (Fsp3) is 0.200. The molecule has 174 valence electrons. The van der Waals surface area contributed by atoms with Crippen molar-refractivity contribution in [2.24, 2.45) is 0 Å². The SMILES string of the molecule is CCCCc1ccc(-n2nc3ccc(NC(=S)NC(=O)c4ccc(OC)c(Br)c4)cc3n2)cc1. The van der Waals surface area contributed by atoms with E-state index in [4.69, 9.17) is 17.0 Å². The number of hydrogen-bond acceptors (Lipinski definition) is 5. The number of carbonyl (C=O) groups excluding carboxylic acids is 1. The average molecular weight is 538 g/mol. The van der Waals surface area contributed by atoms with Crippen molar-refractivity contribution in [1.29, 1.82) is 0 Å². The predicted molar refractivity (Wildman–Crippen MR) is 142 cm³/mol. The van der Waals surface area contributed by atoms with Crippen molar-refractivity contribution in [3.63, 3.8) is 0 Å². The number of ether oxygens (including phenoxy) is 1. The van der Waals surface area contributed by atoms with Gasteiger partial charge >= 0.3 is 0 Å². The van der Waals surface area contributed by atoms with Crippen LogP contribution in [0.4, 0.5) is 5.69 Å². The Bertz CT molecular complexity index is 1340. The van der Waals surface area contributed by atoms with Gasteiger partial charge in [0.1, 0.15) is 16.8 Å². The van der Waals surface area contributed by atoms with E-state index in [1.165, 1.54) is 18.4 Å². The third kappa shape index (κ3) is 5.60. The second-order valence-corrected chi connectivity index (χ2v) is 8.98. The van der Waals surface area contributed by atoms with Crippen molar-refractivity contribution in [2.75, 3.05) is 12.4 Å². The van der Waals surface area contributed by atoms with Crippen molar-refractivity contribution in [3.05, 3.63) is 76.3 Å². The molecular formula is C25H24BrN5O2S. The van der Waals surface area contributed by atoms with E-state index in [0.717, 1.165) is 17.6 Å². The number of aryl methyl sites for hydroxylation is 1. The Morgan fingerprint density at radius 2 is 1.82 bits per heavy atom. The molecule has 0 radical (unpaired) electrons. The summed E-state index contributed by atoms with van der Waals surface area (Å²) in [4.78, 5) is 14.2. The maximum Gasteiger partial charge on any atom is 0.257 e. The van der Waals surface area contributed by atoms with Gasteiger partial charge in [0.25, 0.3) is 5.91 Å². The summed E-state index contributed by atoms with van der Waals surface area (Å²) >= 11 is 8.70. The molecule has 0 bridgehead atoms. The molecular weight excluding hydrogens is 514 g/mol. The Labute approximate surface area is 211 Å². The number of nitrogens with zero attached hydrogens (tertiary/aromatic N) is 3. The van der Waals surface area contributed by atoms with Gasteiger partial charge in [0.2, 0.25) is 0 Å². The molecule has 0 unspecified atom stereocenters. The lowest BCUT2D eigenvalue weighted by Crippen LogP contribution is -2.34. The van der Waals surface area contributed by atoms with Crippen LogP contribution in [0.5, 0.6) is 5.75 Å². The molecule has 0 fully saturated rings. The Morgan fingerprint density at radius 3 is 2.53 bits per heavy atom. The standard InChI is InChI=1S/C25H24BrN5O2S/c1-3-4-5-16-6-10-19(11-7-16)31-29-21-12-9-18(15-22(21)30-31)27-25(34)28-24(32)17-8-13-23(33-2)20(26)14-17/h6-15H,3-5H2,1-2H3,(H2,27,28,32,34). The fourth-order valence-corrected chi connectivity index (χ4v) is 4.18. The number of benzene rings is 3. The normalized spacial score (nSPS) is 10.8. The van der Waals surface area contributed by atoms with Crippen LogP contribution in [0.25, 0.3) is 16.7 Å². The lowest BCUT2D eigenvalue weighted by Gasteiger charge is -2.10. The van der Waals surface area contributed by atoms with Crippen LogP contribution in [0, 0.1) is 0 Å². The van der Waals surface area contributed by atoms with Crippen molar-refractivity contribution < 1.29 is 9.53 Å². The average Bonchev–Trinajstić information content (AvgIpc) is 3.26. The van der Waals surface area contributed by atoms with E-state index in [2.05, 4.69) is 55.8 Å². The Kier molecular flexibility index (Phi) is 7.54. The van der Waals surface area contributed by atoms with Crippen LogP contribution in [-0.2, 0) is 6.42 Å². The van der Waals surface area contributed by atoms with Crippen molar-refractivity contribution in [3.8, 4) is 11.4 Å². The minimum absolute atomic E-state index is 0.186.